The number of hydrogen-bond acceptors (Lipinski definition) is 4. The summed E-state index contributed by atoms with van der Waals surface area (Å²) in [6.07, 6.45) is 0. The molecule has 0 fully saturated rings. The van der Waals surface area contributed by atoms with Crippen molar-refractivity contribution < 1.29 is 4.74 Å². The largest absolute Gasteiger partial charge is 0.494 e. The molecule has 0 saturated heterocycles. The Morgan fingerprint density at radius 3 is 2.76 bits per heavy atom. The standard InChI is InChI=1S/C16H15ClN2OS/c1-2-20-12-5-3-11(4-6-12)9-18-15-13(17)7-8-14-16(15)19-10-21-14/h3-8,10,18H,2,9H2,1H3. The van der Waals surface area contributed by atoms with Gasteiger partial charge in [-0.2, -0.15) is 0 Å². The van der Waals surface area contributed by atoms with E-state index in [1.54, 1.807) is 11.3 Å². The van der Waals surface area contributed by atoms with Gasteiger partial charge < -0.3 is 10.1 Å². The number of anilines is 1. The molecule has 0 amide bonds. The molecule has 3 nitrogen and oxygen atoms in total. The summed E-state index contributed by atoms with van der Waals surface area (Å²) in [4.78, 5) is 4.38. The molecular weight excluding hydrogens is 304 g/mol. The van der Waals surface area contributed by atoms with Crippen LogP contribution in [0.1, 0.15) is 12.5 Å². The van der Waals surface area contributed by atoms with Crippen molar-refractivity contribution in [3.05, 3.63) is 52.5 Å². The van der Waals surface area contributed by atoms with Gasteiger partial charge in [-0.25, -0.2) is 4.98 Å². The van der Waals surface area contributed by atoms with Gasteiger partial charge in [0.25, 0.3) is 0 Å². The van der Waals surface area contributed by atoms with E-state index in [1.807, 2.05) is 48.8 Å². The van der Waals surface area contributed by atoms with Crippen LogP contribution in [0.3, 0.4) is 0 Å². The van der Waals surface area contributed by atoms with Crippen molar-refractivity contribution in [3.63, 3.8) is 0 Å². The lowest BCUT2D eigenvalue weighted by molar-refractivity contribution is 0.340. The number of nitrogens with zero attached hydrogens (tertiary/aromatic N) is 1. The number of rotatable bonds is 5. The minimum atomic E-state index is 0.680. The molecule has 1 N–H and O–H groups in total. The van der Waals surface area contributed by atoms with Crippen LogP contribution in [0.25, 0.3) is 10.2 Å². The molecule has 0 aliphatic carbocycles. The van der Waals surface area contributed by atoms with Crippen LogP contribution in [-0.2, 0) is 6.54 Å². The van der Waals surface area contributed by atoms with Gasteiger partial charge >= 0.3 is 0 Å². The van der Waals surface area contributed by atoms with E-state index < -0.39 is 0 Å². The maximum atomic E-state index is 6.27. The Balaban J connectivity index is 1.77. The first-order valence-corrected chi connectivity index (χ1v) is 8.01. The Bertz CT molecular complexity index is 740. The summed E-state index contributed by atoms with van der Waals surface area (Å²) in [5.41, 5.74) is 4.83. The summed E-state index contributed by atoms with van der Waals surface area (Å²) in [5.74, 6) is 0.890. The van der Waals surface area contributed by atoms with Gasteiger partial charge in [0, 0.05) is 6.54 Å². The van der Waals surface area contributed by atoms with E-state index in [1.165, 1.54) is 5.56 Å². The fourth-order valence-electron chi connectivity index (χ4n) is 2.14. The molecule has 0 unspecified atom stereocenters. The highest BCUT2D eigenvalue weighted by molar-refractivity contribution is 7.16. The highest BCUT2D eigenvalue weighted by Crippen LogP contribution is 2.32. The van der Waals surface area contributed by atoms with Crippen LogP contribution in [-0.4, -0.2) is 11.6 Å². The lowest BCUT2D eigenvalue weighted by Gasteiger charge is -2.10. The summed E-state index contributed by atoms with van der Waals surface area (Å²) in [6, 6.07) is 12.0. The molecule has 5 heteroatoms. The Morgan fingerprint density at radius 1 is 1.19 bits per heavy atom. The average Bonchev–Trinajstić information content (AvgIpc) is 2.97. The summed E-state index contributed by atoms with van der Waals surface area (Å²) >= 11 is 7.89. The van der Waals surface area contributed by atoms with E-state index in [2.05, 4.69) is 10.3 Å². The van der Waals surface area contributed by atoms with Crippen LogP contribution in [0.4, 0.5) is 5.69 Å². The van der Waals surface area contributed by atoms with Gasteiger partial charge in [-0.05, 0) is 36.8 Å². The van der Waals surface area contributed by atoms with E-state index in [-0.39, 0.29) is 0 Å². The first kappa shape index (κ1) is 14.2. The van der Waals surface area contributed by atoms with Gasteiger partial charge in [0.1, 0.15) is 11.3 Å². The van der Waals surface area contributed by atoms with Crippen molar-refractivity contribution in [1.29, 1.82) is 0 Å². The third kappa shape index (κ3) is 3.12. The number of nitrogens with one attached hydrogen (secondary N) is 1. The number of halogens is 1. The summed E-state index contributed by atoms with van der Waals surface area (Å²) in [5, 5.41) is 4.08. The monoisotopic (exact) mass is 318 g/mol. The van der Waals surface area contributed by atoms with Crippen LogP contribution < -0.4 is 10.1 Å². The molecule has 21 heavy (non-hydrogen) atoms. The minimum absolute atomic E-state index is 0.680. The van der Waals surface area contributed by atoms with Crippen molar-refractivity contribution in [1.82, 2.24) is 4.98 Å². The molecule has 0 radical (unpaired) electrons. The van der Waals surface area contributed by atoms with Crippen molar-refractivity contribution >= 4 is 38.8 Å². The molecular formula is C16H15ClN2OS. The molecule has 108 valence electrons. The molecule has 2 aromatic carbocycles. The smallest absolute Gasteiger partial charge is 0.119 e. The van der Waals surface area contributed by atoms with E-state index in [0.29, 0.717) is 18.2 Å². The van der Waals surface area contributed by atoms with Gasteiger partial charge in [-0.1, -0.05) is 23.7 Å². The topological polar surface area (TPSA) is 34.1 Å². The second-order valence-electron chi connectivity index (χ2n) is 4.55. The first-order chi connectivity index (χ1) is 10.3. The van der Waals surface area contributed by atoms with E-state index in [4.69, 9.17) is 16.3 Å². The Labute approximate surface area is 132 Å². The quantitative estimate of drug-likeness (QED) is 0.722. The van der Waals surface area contributed by atoms with E-state index >= 15 is 0 Å². The fraction of sp³-hybridized carbons (Fsp3) is 0.188. The van der Waals surface area contributed by atoms with Crippen molar-refractivity contribution in [3.8, 4) is 5.75 Å². The Morgan fingerprint density at radius 2 is 2.00 bits per heavy atom. The zero-order chi connectivity index (χ0) is 14.7. The third-order valence-corrected chi connectivity index (χ3v) is 4.26. The van der Waals surface area contributed by atoms with Crippen LogP contribution in [0.5, 0.6) is 5.75 Å². The van der Waals surface area contributed by atoms with Gasteiger partial charge in [-0.15, -0.1) is 11.3 Å². The minimum Gasteiger partial charge on any atom is -0.494 e. The molecule has 1 heterocycles. The van der Waals surface area contributed by atoms with Crippen LogP contribution in [0.15, 0.2) is 41.9 Å². The number of hydrogen-bond donors (Lipinski definition) is 1. The summed E-state index contributed by atoms with van der Waals surface area (Å²) in [7, 11) is 0. The molecule has 0 saturated carbocycles. The van der Waals surface area contributed by atoms with Gasteiger partial charge in [0.2, 0.25) is 0 Å². The Kier molecular flexibility index (Phi) is 4.27. The van der Waals surface area contributed by atoms with Gasteiger partial charge in [-0.3, -0.25) is 0 Å². The molecule has 0 bridgehead atoms. The average molecular weight is 319 g/mol. The number of fused-ring (bicyclic) bond motifs is 1. The highest BCUT2D eigenvalue weighted by atomic mass is 35.5. The highest BCUT2D eigenvalue weighted by Gasteiger charge is 2.08. The number of ether oxygens (including phenoxy) is 1. The second kappa shape index (κ2) is 6.33. The molecule has 3 rings (SSSR count). The number of benzene rings is 2. The fourth-order valence-corrected chi connectivity index (χ4v) is 3.04. The third-order valence-electron chi connectivity index (χ3n) is 3.16. The Hall–Kier alpha value is -1.78. The zero-order valence-electron chi connectivity index (χ0n) is 11.6. The normalized spacial score (nSPS) is 10.8. The van der Waals surface area contributed by atoms with Crippen molar-refractivity contribution in [2.75, 3.05) is 11.9 Å². The summed E-state index contributed by atoms with van der Waals surface area (Å²) in [6.45, 7) is 3.35. The lowest BCUT2D eigenvalue weighted by Crippen LogP contribution is -2.01. The van der Waals surface area contributed by atoms with Gasteiger partial charge in [0.05, 0.1) is 27.5 Å². The zero-order valence-corrected chi connectivity index (χ0v) is 13.2. The number of thiazole rings is 1. The molecule has 1 aromatic heterocycles. The maximum absolute atomic E-state index is 6.27. The first-order valence-electron chi connectivity index (χ1n) is 6.75. The van der Waals surface area contributed by atoms with Crippen LogP contribution in [0.2, 0.25) is 5.02 Å². The van der Waals surface area contributed by atoms with E-state index in [9.17, 15) is 0 Å². The maximum Gasteiger partial charge on any atom is 0.119 e. The van der Waals surface area contributed by atoms with Crippen LogP contribution in [0, 0.1) is 0 Å². The predicted octanol–water partition coefficient (Wildman–Crippen LogP) is 4.96. The molecule has 3 aromatic rings. The van der Waals surface area contributed by atoms with E-state index in [0.717, 1.165) is 21.7 Å². The van der Waals surface area contributed by atoms with Crippen molar-refractivity contribution in [2.45, 2.75) is 13.5 Å². The van der Waals surface area contributed by atoms with Gasteiger partial charge in [0.15, 0.2) is 0 Å². The second-order valence-corrected chi connectivity index (χ2v) is 5.85. The molecule has 0 atom stereocenters. The molecule has 0 spiro atoms. The van der Waals surface area contributed by atoms with Crippen LogP contribution >= 0.6 is 22.9 Å². The SMILES string of the molecule is CCOc1ccc(CNc2c(Cl)ccc3scnc23)cc1. The molecule has 0 aliphatic rings. The predicted molar refractivity (Wildman–Crippen MR) is 89.6 cm³/mol. The number of aromatic nitrogens is 1. The molecule has 0 aliphatic heterocycles. The summed E-state index contributed by atoms with van der Waals surface area (Å²) < 4.78 is 6.57. The lowest BCUT2D eigenvalue weighted by atomic mass is 10.2. The van der Waals surface area contributed by atoms with Crippen molar-refractivity contribution in [2.24, 2.45) is 0 Å².